The van der Waals surface area contributed by atoms with Gasteiger partial charge in [0.1, 0.15) is 22.3 Å². The van der Waals surface area contributed by atoms with E-state index in [0.29, 0.717) is 0 Å². The fourth-order valence-electron chi connectivity index (χ4n) is 12.7. The third-order valence-electron chi connectivity index (χ3n) is 16.4. The Morgan fingerprint density at radius 1 is 0.353 bits per heavy atom. The number of anilines is 3. The van der Waals surface area contributed by atoms with Crippen LogP contribution in [0.25, 0.3) is 88.4 Å². The number of rotatable bonds is 4. The smallest absolute Gasteiger partial charge is 0.143 e. The number of aryl methyl sites for hydroxylation is 2. The predicted molar refractivity (Wildman–Crippen MR) is 283 cm³/mol. The molecular formula is C65H51NO2. The highest BCUT2D eigenvalue weighted by Crippen LogP contribution is 2.60. The van der Waals surface area contributed by atoms with E-state index >= 15 is 0 Å². The molecule has 3 nitrogen and oxygen atoms in total. The second kappa shape index (κ2) is 13.3. The molecule has 0 N–H and O–H groups in total. The molecule has 14 rings (SSSR count). The van der Waals surface area contributed by atoms with Crippen molar-refractivity contribution in [1.82, 2.24) is 0 Å². The van der Waals surface area contributed by atoms with Crippen LogP contribution in [0.15, 0.2) is 173 Å². The fourth-order valence-corrected chi connectivity index (χ4v) is 12.7. The van der Waals surface area contributed by atoms with Crippen LogP contribution in [0.3, 0.4) is 0 Å². The Hall–Kier alpha value is -7.62. The lowest BCUT2D eigenvalue weighted by Crippen LogP contribution is -2.18. The van der Waals surface area contributed by atoms with E-state index < -0.39 is 0 Å². The van der Waals surface area contributed by atoms with Crippen molar-refractivity contribution < 1.29 is 8.83 Å². The fraction of sp³-hybridized carbons (Fsp3) is 0.169. The number of hydrogen-bond donors (Lipinski definition) is 0. The van der Waals surface area contributed by atoms with E-state index in [0.717, 1.165) is 50.3 Å². The Labute approximate surface area is 397 Å². The molecule has 3 heteroatoms. The van der Waals surface area contributed by atoms with Gasteiger partial charge in [-0.05, 0) is 159 Å². The minimum atomic E-state index is -0.283. The van der Waals surface area contributed by atoms with E-state index in [1.54, 1.807) is 0 Å². The van der Waals surface area contributed by atoms with Crippen molar-refractivity contribution in [3.8, 4) is 44.5 Å². The monoisotopic (exact) mass is 877 g/mol. The van der Waals surface area contributed by atoms with Crippen LogP contribution in [0.5, 0.6) is 0 Å². The first kappa shape index (κ1) is 39.5. The zero-order valence-electron chi connectivity index (χ0n) is 39.9. The average Bonchev–Trinajstić information content (AvgIpc) is 4.08. The third kappa shape index (κ3) is 5.14. The van der Waals surface area contributed by atoms with Gasteiger partial charge < -0.3 is 13.7 Å². The summed E-state index contributed by atoms with van der Waals surface area (Å²) in [5, 5.41) is 4.76. The van der Waals surface area contributed by atoms with Crippen LogP contribution in [-0.2, 0) is 16.2 Å². The van der Waals surface area contributed by atoms with E-state index in [9.17, 15) is 0 Å². The Morgan fingerprint density at radius 3 is 1.56 bits per heavy atom. The molecule has 0 saturated heterocycles. The van der Waals surface area contributed by atoms with Gasteiger partial charge in [0.05, 0.1) is 0 Å². The van der Waals surface area contributed by atoms with Gasteiger partial charge in [-0.2, -0.15) is 0 Å². The minimum absolute atomic E-state index is 0.166. The summed E-state index contributed by atoms with van der Waals surface area (Å²) in [6.07, 6.45) is 0. The molecule has 0 saturated carbocycles. The van der Waals surface area contributed by atoms with E-state index in [-0.39, 0.29) is 16.2 Å². The summed E-state index contributed by atoms with van der Waals surface area (Å²) < 4.78 is 13.3. The van der Waals surface area contributed by atoms with Crippen LogP contribution in [0.1, 0.15) is 86.1 Å². The first-order valence-electron chi connectivity index (χ1n) is 24.2. The van der Waals surface area contributed by atoms with E-state index in [1.165, 1.54) is 99.6 Å². The van der Waals surface area contributed by atoms with Crippen molar-refractivity contribution in [3.63, 3.8) is 0 Å². The molecule has 3 aliphatic rings. The minimum Gasteiger partial charge on any atom is -0.456 e. The molecule has 0 fully saturated rings. The van der Waals surface area contributed by atoms with Crippen molar-refractivity contribution in [2.75, 3.05) is 4.90 Å². The van der Waals surface area contributed by atoms with E-state index in [1.807, 2.05) is 0 Å². The maximum atomic E-state index is 6.81. The molecule has 2 heterocycles. The molecule has 0 aliphatic heterocycles. The Bertz CT molecular complexity index is 4000. The molecule has 11 aromatic rings. The largest absolute Gasteiger partial charge is 0.456 e. The maximum absolute atomic E-state index is 6.81. The number of furan rings is 2. The molecule has 0 spiro atoms. The number of para-hydroxylation sites is 2. The first-order chi connectivity index (χ1) is 32.8. The summed E-state index contributed by atoms with van der Waals surface area (Å²) in [4.78, 5) is 2.47. The normalized spacial score (nSPS) is 15.4. The number of nitrogens with zero attached hydrogens (tertiary/aromatic N) is 1. The van der Waals surface area contributed by atoms with Crippen LogP contribution in [0.4, 0.5) is 17.1 Å². The molecule has 0 radical (unpaired) electrons. The van der Waals surface area contributed by atoms with Gasteiger partial charge in [0, 0.05) is 60.4 Å². The zero-order chi connectivity index (χ0) is 46.2. The molecule has 0 atom stereocenters. The first-order valence-corrected chi connectivity index (χ1v) is 24.2. The quantitative estimate of drug-likeness (QED) is 0.176. The van der Waals surface area contributed by atoms with Crippen LogP contribution in [0, 0.1) is 13.8 Å². The van der Waals surface area contributed by atoms with Gasteiger partial charge in [0.2, 0.25) is 0 Å². The molecule has 328 valence electrons. The van der Waals surface area contributed by atoms with Crippen molar-refractivity contribution in [2.24, 2.45) is 0 Å². The summed E-state index contributed by atoms with van der Waals surface area (Å²) in [5.74, 6) is 0. The second-order valence-corrected chi connectivity index (χ2v) is 21.4. The van der Waals surface area contributed by atoms with Gasteiger partial charge in [0.25, 0.3) is 0 Å². The van der Waals surface area contributed by atoms with Crippen molar-refractivity contribution in [2.45, 2.75) is 71.6 Å². The molecule has 0 bridgehead atoms. The topological polar surface area (TPSA) is 29.5 Å². The van der Waals surface area contributed by atoms with E-state index in [4.69, 9.17) is 8.83 Å². The lowest BCUT2D eigenvalue weighted by atomic mass is 9.79. The summed E-state index contributed by atoms with van der Waals surface area (Å²) in [7, 11) is 0. The predicted octanol–water partition coefficient (Wildman–Crippen LogP) is 18.2. The highest BCUT2D eigenvalue weighted by atomic mass is 16.3. The van der Waals surface area contributed by atoms with Crippen LogP contribution in [-0.4, -0.2) is 0 Å². The van der Waals surface area contributed by atoms with Crippen LogP contribution < -0.4 is 4.90 Å². The Kier molecular flexibility index (Phi) is 7.73. The Balaban J connectivity index is 0.929. The third-order valence-corrected chi connectivity index (χ3v) is 16.4. The summed E-state index contributed by atoms with van der Waals surface area (Å²) in [6, 6.07) is 61.3. The number of hydrogen-bond acceptors (Lipinski definition) is 3. The second-order valence-electron chi connectivity index (χ2n) is 21.4. The highest BCUT2D eigenvalue weighted by molar-refractivity contribution is 6.19. The zero-order valence-corrected chi connectivity index (χ0v) is 39.9. The van der Waals surface area contributed by atoms with Crippen molar-refractivity contribution in [1.29, 1.82) is 0 Å². The maximum Gasteiger partial charge on any atom is 0.143 e. The van der Waals surface area contributed by atoms with Crippen molar-refractivity contribution in [3.05, 3.63) is 208 Å². The molecule has 0 unspecified atom stereocenters. The van der Waals surface area contributed by atoms with Crippen LogP contribution in [0.2, 0.25) is 0 Å². The summed E-state index contributed by atoms with van der Waals surface area (Å²) in [6.45, 7) is 18.7. The standard InChI is InChI=1S/C65H51NO2/c1-36-17-21-38(22-18-36)46-33-54-58(61-45-14-10-12-16-56(45)68-62(46)61)43-28-26-41(32-51(43)65(54,7)8)66(39-23-19-37(2)20-24-39)40-25-27-42-47-34-53-48(35-52(47)64(5,6)50(42)31-40)59-49(63(53,3)4)29-30-57-60(59)44-13-9-11-15-55(44)67-57/h9-35H,1-8H3. The highest BCUT2D eigenvalue weighted by Gasteiger charge is 2.44. The molecule has 68 heavy (non-hydrogen) atoms. The van der Waals surface area contributed by atoms with Gasteiger partial charge >= 0.3 is 0 Å². The lowest BCUT2D eigenvalue weighted by molar-refractivity contribution is 0.651. The van der Waals surface area contributed by atoms with Crippen LogP contribution >= 0.6 is 0 Å². The summed E-state index contributed by atoms with van der Waals surface area (Å²) in [5.41, 5.74) is 27.3. The molecule has 2 aromatic heterocycles. The molecular weight excluding hydrogens is 827 g/mol. The number of fused-ring (bicyclic) bond motifs is 17. The van der Waals surface area contributed by atoms with Crippen molar-refractivity contribution >= 4 is 60.9 Å². The van der Waals surface area contributed by atoms with Gasteiger partial charge in [-0.15, -0.1) is 0 Å². The average molecular weight is 878 g/mol. The summed E-state index contributed by atoms with van der Waals surface area (Å²) >= 11 is 0. The SMILES string of the molecule is Cc1ccc(-c2cc3c(c4c2oc2ccccc24)-c2ccc(N(c4ccc(C)cc4)c4ccc5c(c4)C(C)(C)c4cc6c(cc4-5)C(C)(C)c4ccc5oc7ccccc7c5c4-6)cc2C3(C)C)cc1. The van der Waals surface area contributed by atoms with Gasteiger partial charge in [-0.3, -0.25) is 0 Å². The molecule has 3 aliphatic carbocycles. The van der Waals surface area contributed by atoms with Gasteiger partial charge in [-0.25, -0.2) is 0 Å². The molecule has 9 aromatic carbocycles. The Morgan fingerprint density at radius 2 is 0.853 bits per heavy atom. The lowest BCUT2D eigenvalue weighted by Gasteiger charge is -2.30. The number of benzene rings is 9. The van der Waals surface area contributed by atoms with Gasteiger partial charge in [-0.1, -0.05) is 144 Å². The van der Waals surface area contributed by atoms with Gasteiger partial charge in [0.15, 0.2) is 0 Å². The van der Waals surface area contributed by atoms with E-state index in [2.05, 4.69) is 224 Å². The molecule has 0 amide bonds.